The van der Waals surface area contributed by atoms with Gasteiger partial charge in [-0.15, -0.1) is 0 Å². The lowest BCUT2D eigenvalue weighted by Gasteiger charge is -2.11. The standard InChI is InChI=1S/C12H17NO3/c1-8-6-10(4-5-11(8)16-3)13-7-9(2)12(14)15/h4-6,9,13H,7H2,1-3H3,(H,14,15). The van der Waals surface area contributed by atoms with Gasteiger partial charge in [0.25, 0.3) is 0 Å². The van der Waals surface area contributed by atoms with Gasteiger partial charge in [0, 0.05) is 12.2 Å². The first-order valence-corrected chi connectivity index (χ1v) is 5.16. The van der Waals surface area contributed by atoms with Crippen molar-refractivity contribution >= 4 is 11.7 Å². The minimum absolute atomic E-state index is 0.401. The van der Waals surface area contributed by atoms with Gasteiger partial charge in [-0.2, -0.15) is 0 Å². The molecule has 4 heteroatoms. The predicted molar refractivity (Wildman–Crippen MR) is 63.0 cm³/mol. The van der Waals surface area contributed by atoms with Gasteiger partial charge in [-0.05, 0) is 30.7 Å². The van der Waals surface area contributed by atoms with Gasteiger partial charge in [0.15, 0.2) is 0 Å². The molecule has 0 aliphatic heterocycles. The number of nitrogens with one attached hydrogen (secondary N) is 1. The summed E-state index contributed by atoms with van der Waals surface area (Å²) in [6, 6.07) is 5.68. The Kier molecular flexibility index (Phi) is 4.17. The van der Waals surface area contributed by atoms with E-state index in [1.54, 1.807) is 14.0 Å². The molecule has 0 aromatic heterocycles. The maximum Gasteiger partial charge on any atom is 0.308 e. The van der Waals surface area contributed by atoms with Crippen molar-refractivity contribution in [2.24, 2.45) is 5.92 Å². The number of carboxylic acid groups (broad SMARTS) is 1. The lowest BCUT2D eigenvalue weighted by atomic mass is 10.1. The van der Waals surface area contributed by atoms with Crippen LogP contribution in [0, 0.1) is 12.8 Å². The van der Waals surface area contributed by atoms with Crippen LogP contribution in [0.25, 0.3) is 0 Å². The molecular weight excluding hydrogens is 206 g/mol. The third kappa shape index (κ3) is 3.15. The number of benzene rings is 1. The van der Waals surface area contributed by atoms with Gasteiger partial charge in [0.1, 0.15) is 5.75 Å². The van der Waals surface area contributed by atoms with Crippen LogP contribution >= 0.6 is 0 Å². The largest absolute Gasteiger partial charge is 0.496 e. The van der Waals surface area contributed by atoms with Crippen LogP contribution in [0.15, 0.2) is 18.2 Å². The zero-order chi connectivity index (χ0) is 12.1. The number of hydrogen-bond donors (Lipinski definition) is 2. The molecule has 0 radical (unpaired) electrons. The van der Waals surface area contributed by atoms with Crippen LogP contribution in [-0.4, -0.2) is 24.7 Å². The summed E-state index contributed by atoms with van der Waals surface area (Å²) in [7, 11) is 1.63. The molecule has 4 nitrogen and oxygen atoms in total. The van der Waals surface area contributed by atoms with Crippen molar-refractivity contribution in [3.63, 3.8) is 0 Å². The van der Waals surface area contributed by atoms with Crippen LogP contribution in [0.4, 0.5) is 5.69 Å². The summed E-state index contributed by atoms with van der Waals surface area (Å²) in [5, 5.41) is 11.8. The number of carboxylic acids is 1. The molecular formula is C12H17NO3. The monoisotopic (exact) mass is 223 g/mol. The van der Waals surface area contributed by atoms with Gasteiger partial charge in [0.2, 0.25) is 0 Å². The molecule has 0 aliphatic carbocycles. The molecule has 0 amide bonds. The minimum atomic E-state index is -0.794. The van der Waals surface area contributed by atoms with E-state index in [4.69, 9.17) is 9.84 Å². The van der Waals surface area contributed by atoms with Gasteiger partial charge >= 0.3 is 5.97 Å². The molecule has 0 bridgehead atoms. The summed E-state index contributed by atoms with van der Waals surface area (Å²) in [5.41, 5.74) is 1.93. The van der Waals surface area contributed by atoms with E-state index in [1.807, 2.05) is 25.1 Å². The number of aliphatic carboxylic acids is 1. The van der Waals surface area contributed by atoms with Gasteiger partial charge in [-0.3, -0.25) is 4.79 Å². The highest BCUT2D eigenvalue weighted by Crippen LogP contribution is 2.21. The number of hydrogen-bond acceptors (Lipinski definition) is 3. The third-order valence-corrected chi connectivity index (χ3v) is 2.43. The van der Waals surface area contributed by atoms with E-state index in [1.165, 1.54) is 0 Å². The van der Waals surface area contributed by atoms with E-state index in [2.05, 4.69) is 5.32 Å². The fourth-order valence-electron chi connectivity index (χ4n) is 1.35. The molecule has 1 atom stereocenters. The zero-order valence-electron chi connectivity index (χ0n) is 9.78. The summed E-state index contributed by atoms with van der Waals surface area (Å²) in [6.07, 6.45) is 0. The molecule has 0 aliphatic rings. The first-order chi connectivity index (χ1) is 7.54. The Labute approximate surface area is 95.2 Å². The SMILES string of the molecule is COc1ccc(NCC(C)C(=O)O)cc1C. The van der Waals surface area contributed by atoms with Crippen molar-refractivity contribution < 1.29 is 14.6 Å². The second-order valence-electron chi connectivity index (χ2n) is 3.80. The molecule has 0 saturated carbocycles. The minimum Gasteiger partial charge on any atom is -0.496 e. The molecule has 0 saturated heterocycles. The number of aryl methyl sites for hydroxylation is 1. The lowest BCUT2D eigenvalue weighted by molar-refractivity contribution is -0.140. The quantitative estimate of drug-likeness (QED) is 0.803. The van der Waals surface area contributed by atoms with Crippen molar-refractivity contribution in [3.05, 3.63) is 23.8 Å². The van der Waals surface area contributed by atoms with E-state index >= 15 is 0 Å². The highest BCUT2D eigenvalue weighted by atomic mass is 16.5. The lowest BCUT2D eigenvalue weighted by Crippen LogP contribution is -2.19. The topological polar surface area (TPSA) is 58.6 Å². The molecule has 16 heavy (non-hydrogen) atoms. The molecule has 1 aromatic carbocycles. The van der Waals surface area contributed by atoms with E-state index in [9.17, 15) is 4.79 Å². The van der Waals surface area contributed by atoms with Crippen LogP contribution in [-0.2, 0) is 4.79 Å². The Morgan fingerprint density at radius 3 is 2.75 bits per heavy atom. The molecule has 2 N–H and O–H groups in total. The number of methoxy groups -OCH3 is 1. The Balaban J connectivity index is 2.62. The van der Waals surface area contributed by atoms with Gasteiger partial charge in [-0.25, -0.2) is 0 Å². The highest BCUT2D eigenvalue weighted by molar-refractivity contribution is 5.70. The number of ether oxygens (including phenoxy) is 1. The number of carbonyl (C=O) groups is 1. The molecule has 88 valence electrons. The second kappa shape index (κ2) is 5.39. The second-order valence-corrected chi connectivity index (χ2v) is 3.80. The van der Waals surface area contributed by atoms with E-state index in [0.717, 1.165) is 17.0 Å². The molecule has 1 unspecified atom stereocenters. The summed E-state index contributed by atoms with van der Waals surface area (Å²) in [5.74, 6) is -0.364. The summed E-state index contributed by atoms with van der Waals surface area (Å²) < 4.78 is 5.14. The summed E-state index contributed by atoms with van der Waals surface area (Å²) in [4.78, 5) is 10.6. The Morgan fingerprint density at radius 1 is 1.56 bits per heavy atom. The predicted octanol–water partition coefficient (Wildman–Crippen LogP) is 2.14. The zero-order valence-corrected chi connectivity index (χ0v) is 9.78. The number of rotatable bonds is 5. The van der Waals surface area contributed by atoms with Crippen LogP contribution < -0.4 is 10.1 Å². The van der Waals surface area contributed by atoms with E-state index in [-0.39, 0.29) is 0 Å². The Morgan fingerprint density at radius 2 is 2.25 bits per heavy atom. The van der Waals surface area contributed by atoms with Crippen LogP contribution in [0.2, 0.25) is 0 Å². The van der Waals surface area contributed by atoms with Crippen molar-refractivity contribution in [3.8, 4) is 5.75 Å². The first kappa shape index (κ1) is 12.4. The maximum absolute atomic E-state index is 10.6. The third-order valence-electron chi connectivity index (χ3n) is 2.43. The highest BCUT2D eigenvalue weighted by Gasteiger charge is 2.10. The van der Waals surface area contributed by atoms with Crippen molar-refractivity contribution in [1.82, 2.24) is 0 Å². The average Bonchev–Trinajstić information content (AvgIpc) is 2.25. The van der Waals surface area contributed by atoms with Crippen LogP contribution in [0.3, 0.4) is 0 Å². The smallest absolute Gasteiger partial charge is 0.308 e. The maximum atomic E-state index is 10.6. The normalized spacial score (nSPS) is 11.9. The summed E-state index contributed by atoms with van der Waals surface area (Å²) >= 11 is 0. The van der Waals surface area contributed by atoms with Crippen LogP contribution in [0.5, 0.6) is 5.75 Å². The van der Waals surface area contributed by atoms with Gasteiger partial charge in [-0.1, -0.05) is 6.92 Å². The Bertz CT molecular complexity index is 377. The first-order valence-electron chi connectivity index (χ1n) is 5.16. The number of anilines is 1. The molecule has 0 heterocycles. The van der Waals surface area contributed by atoms with Gasteiger partial charge in [0.05, 0.1) is 13.0 Å². The average molecular weight is 223 g/mol. The van der Waals surface area contributed by atoms with Gasteiger partial charge < -0.3 is 15.2 Å². The van der Waals surface area contributed by atoms with Crippen LogP contribution in [0.1, 0.15) is 12.5 Å². The molecule has 1 aromatic rings. The summed E-state index contributed by atoms with van der Waals surface area (Å²) in [6.45, 7) is 4.04. The van der Waals surface area contributed by atoms with Crippen molar-refractivity contribution in [1.29, 1.82) is 0 Å². The van der Waals surface area contributed by atoms with Crippen molar-refractivity contribution in [2.45, 2.75) is 13.8 Å². The molecule has 0 spiro atoms. The molecule has 0 fully saturated rings. The molecule has 1 rings (SSSR count). The Hall–Kier alpha value is -1.71. The van der Waals surface area contributed by atoms with E-state index in [0.29, 0.717) is 6.54 Å². The van der Waals surface area contributed by atoms with Crippen molar-refractivity contribution in [2.75, 3.05) is 19.0 Å². The fraction of sp³-hybridized carbons (Fsp3) is 0.417. The fourth-order valence-corrected chi connectivity index (χ4v) is 1.35. The van der Waals surface area contributed by atoms with E-state index < -0.39 is 11.9 Å².